The van der Waals surface area contributed by atoms with Crippen molar-refractivity contribution in [2.75, 3.05) is 44.4 Å². The Morgan fingerprint density at radius 3 is 1.45 bits per heavy atom. The number of hydrogen-bond acceptors (Lipinski definition) is 6. The molecular weight excluding hydrogens is 809 g/mol. The van der Waals surface area contributed by atoms with E-state index in [1.54, 1.807) is 21.6 Å². The molecule has 0 saturated heterocycles. The van der Waals surface area contributed by atoms with Crippen molar-refractivity contribution in [2.24, 2.45) is 0 Å². The molecule has 0 aliphatic heterocycles. The number of benzene rings is 1. The Morgan fingerprint density at radius 1 is 0.565 bits per heavy atom. The van der Waals surface area contributed by atoms with Gasteiger partial charge < -0.3 is 31.6 Å². The van der Waals surface area contributed by atoms with Crippen LogP contribution in [0, 0.1) is 0 Å². The summed E-state index contributed by atoms with van der Waals surface area (Å²) in [7, 11) is 3.40. The topological polar surface area (TPSA) is 132 Å². The fourth-order valence-corrected chi connectivity index (χ4v) is 9.07. The van der Waals surface area contributed by atoms with Crippen LogP contribution in [0.2, 0.25) is 0 Å². The van der Waals surface area contributed by atoms with Crippen molar-refractivity contribution in [3.8, 4) is 11.5 Å². The zero-order valence-corrected chi connectivity index (χ0v) is 41.8. The van der Waals surface area contributed by atoms with E-state index in [1.807, 2.05) is 18.2 Å². The number of carbonyl (C=O) groups is 2. The molecule has 8 nitrogen and oxygen atoms in total. The van der Waals surface area contributed by atoms with E-state index in [1.165, 1.54) is 161 Å². The fraction of sp³-hybridized carbons (Fsp3) is 0.769. The summed E-state index contributed by atoms with van der Waals surface area (Å²) in [6.07, 6.45) is 47.1. The number of quaternary nitrogens is 2. The summed E-state index contributed by atoms with van der Waals surface area (Å²) < 4.78 is 12.6. The van der Waals surface area contributed by atoms with Crippen molar-refractivity contribution in [3.05, 3.63) is 48.1 Å². The maximum Gasteiger partial charge on any atom is 0.278 e. The van der Waals surface area contributed by atoms with Crippen LogP contribution in [0.4, 0.5) is 0 Å². The normalized spacial score (nSPS) is 12.1. The first-order valence-electron chi connectivity index (χ1n) is 25.7. The number of nitrogens with one attached hydrogen (secondary N) is 2. The number of allylic oxidation sites excluding steroid dienone is 4. The summed E-state index contributed by atoms with van der Waals surface area (Å²) in [6.45, 7) is 7.84. The summed E-state index contributed by atoms with van der Waals surface area (Å²) in [4.78, 5) is 25.3. The van der Waals surface area contributed by atoms with Crippen molar-refractivity contribution in [3.63, 3.8) is 0 Å². The highest BCUT2D eigenvalue weighted by atomic mass is 33.1. The number of amides is 2. The standard InChI is InChI=1S/C52H94N4O4S2/c1-3-5-7-9-11-13-15-17-19-21-23-25-27-29-31-33-42-59-49-38-37-47(51(57)55-40-44-61-62-45-41-56-52(58)48(54)36-35-39-53)46-50(49)60-43-34-32-30-28-26-24-22-20-18-16-14-12-10-8-6-4-2/h17-20,37-38,46,48H,3-16,21-36,39-45,53-54H2,1-2H3,(H,55,57)(H,56,58)/p+2/b19-17-,20-18-/t48-/m0/s1. The van der Waals surface area contributed by atoms with Crippen LogP contribution in [0.25, 0.3) is 0 Å². The maximum absolute atomic E-state index is 13.1. The molecule has 0 aliphatic carbocycles. The third kappa shape index (κ3) is 36.2. The van der Waals surface area contributed by atoms with Gasteiger partial charge >= 0.3 is 0 Å². The highest BCUT2D eigenvalue weighted by molar-refractivity contribution is 8.76. The van der Waals surface area contributed by atoms with Crippen LogP contribution in [-0.4, -0.2) is 62.2 Å². The van der Waals surface area contributed by atoms with E-state index >= 15 is 0 Å². The minimum absolute atomic E-state index is 0.0116. The molecule has 0 unspecified atom stereocenters. The molecule has 0 heterocycles. The molecule has 0 bridgehead atoms. The molecular formula is C52H96N4O4S2+2. The number of rotatable bonds is 46. The Kier molecular flexibility index (Phi) is 42.4. The van der Waals surface area contributed by atoms with Crippen LogP contribution in [0.15, 0.2) is 42.5 Å². The van der Waals surface area contributed by atoms with E-state index < -0.39 is 0 Å². The summed E-state index contributed by atoms with van der Waals surface area (Å²) >= 11 is 0. The average molecular weight is 905 g/mol. The van der Waals surface area contributed by atoms with Gasteiger partial charge in [0.25, 0.3) is 11.8 Å². The van der Waals surface area contributed by atoms with E-state index in [-0.39, 0.29) is 17.9 Å². The molecule has 1 aromatic carbocycles. The third-order valence-electron chi connectivity index (χ3n) is 11.2. The Hall–Kier alpha value is -2.14. The first kappa shape index (κ1) is 57.9. The second-order valence-corrected chi connectivity index (χ2v) is 19.8. The molecule has 1 rings (SSSR count). The lowest BCUT2D eigenvalue weighted by molar-refractivity contribution is -0.411. The Morgan fingerprint density at radius 2 is 0.984 bits per heavy atom. The summed E-state index contributed by atoms with van der Waals surface area (Å²) in [5.41, 5.74) is 8.37. The van der Waals surface area contributed by atoms with Crippen LogP contribution < -0.4 is 31.6 Å². The molecule has 0 saturated carbocycles. The highest BCUT2D eigenvalue weighted by Crippen LogP contribution is 2.29. The van der Waals surface area contributed by atoms with Gasteiger partial charge in [0.1, 0.15) is 0 Å². The van der Waals surface area contributed by atoms with Gasteiger partial charge in [0, 0.05) is 43.0 Å². The number of carbonyl (C=O) groups excluding carboxylic acids is 2. The zero-order valence-electron chi connectivity index (χ0n) is 40.1. The Labute approximate surface area is 389 Å². The zero-order chi connectivity index (χ0) is 44.8. The van der Waals surface area contributed by atoms with Crippen molar-refractivity contribution >= 4 is 33.4 Å². The van der Waals surface area contributed by atoms with Crippen LogP contribution in [0.3, 0.4) is 0 Å². The highest BCUT2D eigenvalue weighted by Gasteiger charge is 2.16. The van der Waals surface area contributed by atoms with Crippen molar-refractivity contribution < 1.29 is 30.5 Å². The van der Waals surface area contributed by atoms with Gasteiger partial charge in [0.2, 0.25) is 0 Å². The monoisotopic (exact) mass is 905 g/mol. The molecule has 8 N–H and O–H groups in total. The summed E-state index contributed by atoms with van der Waals surface area (Å²) in [5.74, 6) is 2.89. The van der Waals surface area contributed by atoms with Crippen molar-refractivity contribution in [2.45, 2.75) is 213 Å². The third-order valence-corrected chi connectivity index (χ3v) is 13.7. The SMILES string of the molecule is CCCCCCCC/C=C\CCCCCCCCOc1ccc(C(=O)NCCSSCCNC(=O)[C@@H]([NH3+])CCC[NH3+])cc1OCCCCCCCC/C=C\CCCCCCCC. The van der Waals surface area contributed by atoms with Gasteiger partial charge in [-0.3, -0.25) is 9.59 Å². The molecule has 1 aromatic rings. The average Bonchev–Trinajstić information content (AvgIpc) is 3.28. The second-order valence-electron chi connectivity index (χ2n) is 17.1. The molecule has 0 spiro atoms. The van der Waals surface area contributed by atoms with E-state index in [4.69, 9.17) is 9.47 Å². The molecule has 62 heavy (non-hydrogen) atoms. The Balaban J connectivity index is 2.40. The van der Waals surface area contributed by atoms with Crippen LogP contribution in [-0.2, 0) is 4.79 Å². The van der Waals surface area contributed by atoms with E-state index in [0.29, 0.717) is 37.6 Å². The largest absolute Gasteiger partial charge is 0.490 e. The smallest absolute Gasteiger partial charge is 0.278 e. The van der Waals surface area contributed by atoms with Crippen molar-refractivity contribution in [1.82, 2.24) is 10.6 Å². The quantitative estimate of drug-likeness (QED) is 0.0293. The molecule has 358 valence electrons. The molecule has 1 atom stereocenters. The molecule has 10 heteroatoms. The summed E-state index contributed by atoms with van der Waals surface area (Å²) in [6, 6.07) is 5.39. The van der Waals surface area contributed by atoms with Gasteiger partial charge in [-0.05, 0) is 82.4 Å². The predicted octanol–water partition coefficient (Wildman–Crippen LogP) is 12.4. The number of ether oxygens (including phenoxy) is 2. The van der Waals surface area contributed by atoms with Gasteiger partial charge in [-0.25, -0.2) is 0 Å². The van der Waals surface area contributed by atoms with Crippen LogP contribution in [0.1, 0.15) is 217 Å². The first-order valence-corrected chi connectivity index (χ1v) is 28.1. The lowest BCUT2D eigenvalue weighted by atomic mass is 10.1. The lowest BCUT2D eigenvalue weighted by Gasteiger charge is -2.15. The molecule has 0 fully saturated rings. The Bertz CT molecular complexity index is 1230. The molecule has 0 aromatic heterocycles. The minimum atomic E-state index is -0.213. The van der Waals surface area contributed by atoms with Gasteiger partial charge in [-0.15, -0.1) is 0 Å². The molecule has 0 aliphatic rings. The van der Waals surface area contributed by atoms with Gasteiger partial charge in [-0.2, -0.15) is 0 Å². The molecule has 0 radical (unpaired) electrons. The fourth-order valence-electron chi connectivity index (χ4n) is 7.25. The van der Waals surface area contributed by atoms with Gasteiger partial charge in [0.15, 0.2) is 17.5 Å². The van der Waals surface area contributed by atoms with Crippen LogP contribution in [0.5, 0.6) is 11.5 Å². The van der Waals surface area contributed by atoms with Crippen LogP contribution >= 0.6 is 21.6 Å². The van der Waals surface area contributed by atoms with Gasteiger partial charge in [-0.1, -0.05) is 175 Å². The van der Waals surface area contributed by atoms with Crippen molar-refractivity contribution in [1.29, 1.82) is 0 Å². The summed E-state index contributed by atoms with van der Waals surface area (Å²) in [5, 5.41) is 6.02. The van der Waals surface area contributed by atoms with E-state index in [0.717, 1.165) is 55.9 Å². The number of hydrogen-bond donors (Lipinski definition) is 4. The second kappa shape index (κ2) is 45.4. The van der Waals surface area contributed by atoms with E-state index in [9.17, 15) is 9.59 Å². The maximum atomic E-state index is 13.1. The van der Waals surface area contributed by atoms with Gasteiger partial charge in [0.05, 0.1) is 19.8 Å². The lowest BCUT2D eigenvalue weighted by Crippen LogP contribution is -2.68. The first-order chi connectivity index (χ1) is 30.5. The predicted molar refractivity (Wildman–Crippen MR) is 270 cm³/mol. The van der Waals surface area contributed by atoms with E-state index in [2.05, 4.69) is 60.3 Å². The molecule has 2 amide bonds. The minimum Gasteiger partial charge on any atom is -0.490 e. The number of unbranched alkanes of at least 4 members (excludes halogenated alkanes) is 24.